The van der Waals surface area contributed by atoms with E-state index in [1.807, 2.05) is 6.92 Å². The Hall–Kier alpha value is -1.45. The standard InChI is InChI=1S/C10H9F3O/c1-2-3-8-4-6-9(7-5-8)14-10(11,12)13/h2-7H,1H3/b3-2-. The topological polar surface area (TPSA) is 9.23 Å². The summed E-state index contributed by atoms with van der Waals surface area (Å²) in [5, 5.41) is 0. The van der Waals surface area contributed by atoms with E-state index in [0.29, 0.717) is 0 Å². The minimum absolute atomic E-state index is 0.203. The highest BCUT2D eigenvalue weighted by atomic mass is 19.4. The van der Waals surface area contributed by atoms with Gasteiger partial charge in [-0.25, -0.2) is 0 Å². The van der Waals surface area contributed by atoms with Crippen molar-refractivity contribution in [3.8, 4) is 5.75 Å². The molecule has 0 radical (unpaired) electrons. The monoisotopic (exact) mass is 202 g/mol. The zero-order valence-corrected chi connectivity index (χ0v) is 7.51. The Labute approximate surface area is 79.8 Å². The summed E-state index contributed by atoms with van der Waals surface area (Å²) in [7, 11) is 0. The van der Waals surface area contributed by atoms with Crippen molar-refractivity contribution in [1.82, 2.24) is 0 Å². The molecule has 1 nitrogen and oxygen atoms in total. The van der Waals surface area contributed by atoms with E-state index in [0.717, 1.165) is 5.56 Å². The average molecular weight is 202 g/mol. The van der Waals surface area contributed by atoms with Gasteiger partial charge in [0.05, 0.1) is 0 Å². The smallest absolute Gasteiger partial charge is 0.406 e. The first-order chi connectivity index (χ1) is 6.51. The van der Waals surface area contributed by atoms with Crippen LogP contribution in [0.25, 0.3) is 6.08 Å². The molecule has 14 heavy (non-hydrogen) atoms. The maximum absolute atomic E-state index is 11.8. The number of ether oxygens (including phenoxy) is 1. The largest absolute Gasteiger partial charge is 0.573 e. The summed E-state index contributed by atoms with van der Waals surface area (Å²) in [6, 6.07) is 5.67. The summed E-state index contributed by atoms with van der Waals surface area (Å²) >= 11 is 0. The molecule has 0 aliphatic heterocycles. The van der Waals surface area contributed by atoms with Gasteiger partial charge in [-0.15, -0.1) is 13.2 Å². The van der Waals surface area contributed by atoms with E-state index in [9.17, 15) is 13.2 Å². The minimum Gasteiger partial charge on any atom is -0.406 e. The van der Waals surface area contributed by atoms with Crippen LogP contribution in [0.1, 0.15) is 12.5 Å². The first-order valence-corrected chi connectivity index (χ1v) is 4.00. The summed E-state index contributed by atoms with van der Waals surface area (Å²) in [5.74, 6) is -0.203. The zero-order chi connectivity index (χ0) is 10.6. The van der Waals surface area contributed by atoms with Gasteiger partial charge in [-0.2, -0.15) is 0 Å². The van der Waals surface area contributed by atoms with E-state index >= 15 is 0 Å². The van der Waals surface area contributed by atoms with Crippen LogP contribution in [0.3, 0.4) is 0 Å². The van der Waals surface area contributed by atoms with Crippen molar-refractivity contribution in [3.63, 3.8) is 0 Å². The molecule has 4 heteroatoms. The average Bonchev–Trinajstić information content (AvgIpc) is 2.06. The maximum Gasteiger partial charge on any atom is 0.573 e. The first kappa shape index (κ1) is 10.6. The Morgan fingerprint density at radius 3 is 2.14 bits per heavy atom. The van der Waals surface area contributed by atoms with Crippen molar-refractivity contribution >= 4 is 6.08 Å². The fourth-order valence-electron chi connectivity index (χ4n) is 0.973. The van der Waals surface area contributed by atoms with Crippen molar-refractivity contribution < 1.29 is 17.9 Å². The lowest BCUT2D eigenvalue weighted by molar-refractivity contribution is -0.274. The molecule has 0 unspecified atom stereocenters. The van der Waals surface area contributed by atoms with Gasteiger partial charge in [0.15, 0.2) is 0 Å². The SMILES string of the molecule is C/C=C\c1ccc(OC(F)(F)F)cc1. The highest BCUT2D eigenvalue weighted by molar-refractivity contribution is 5.50. The molecule has 0 amide bonds. The molecule has 0 heterocycles. The summed E-state index contributed by atoms with van der Waals surface area (Å²) in [4.78, 5) is 0. The lowest BCUT2D eigenvalue weighted by atomic mass is 10.2. The molecular formula is C10H9F3O. The summed E-state index contributed by atoms with van der Waals surface area (Å²) in [6.45, 7) is 1.83. The van der Waals surface area contributed by atoms with Gasteiger partial charge in [0.1, 0.15) is 5.75 Å². The lowest BCUT2D eigenvalue weighted by Crippen LogP contribution is -2.16. The number of benzene rings is 1. The second kappa shape index (κ2) is 4.17. The highest BCUT2D eigenvalue weighted by Gasteiger charge is 2.30. The van der Waals surface area contributed by atoms with Gasteiger partial charge in [0, 0.05) is 0 Å². The van der Waals surface area contributed by atoms with Crippen LogP contribution >= 0.6 is 0 Å². The Bertz CT molecular complexity index is 311. The van der Waals surface area contributed by atoms with Crippen LogP contribution in [0.2, 0.25) is 0 Å². The van der Waals surface area contributed by atoms with Gasteiger partial charge >= 0.3 is 6.36 Å². The Kier molecular flexibility index (Phi) is 3.17. The molecular weight excluding hydrogens is 193 g/mol. The molecule has 0 aliphatic rings. The molecule has 0 bridgehead atoms. The van der Waals surface area contributed by atoms with Crippen LogP contribution in [0.5, 0.6) is 5.75 Å². The third kappa shape index (κ3) is 3.51. The zero-order valence-electron chi connectivity index (χ0n) is 7.51. The summed E-state index contributed by atoms with van der Waals surface area (Å²) < 4.78 is 39.0. The molecule has 1 rings (SSSR count). The Morgan fingerprint density at radius 1 is 1.14 bits per heavy atom. The van der Waals surface area contributed by atoms with E-state index in [1.54, 1.807) is 24.3 Å². The molecule has 76 valence electrons. The fraction of sp³-hybridized carbons (Fsp3) is 0.200. The molecule has 0 saturated heterocycles. The molecule has 0 aliphatic carbocycles. The van der Waals surface area contributed by atoms with E-state index in [-0.39, 0.29) is 5.75 Å². The molecule has 0 fully saturated rings. The predicted molar refractivity (Wildman–Crippen MR) is 47.8 cm³/mol. The number of alkyl halides is 3. The highest BCUT2D eigenvalue weighted by Crippen LogP contribution is 2.22. The molecule has 0 atom stereocenters. The molecule has 1 aromatic carbocycles. The third-order valence-corrected chi connectivity index (χ3v) is 1.47. The fourth-order valence-corrected chi connectivity index (χ4v) is 0.973. The van der Waals surface area contributed by atoms with Crippen LogP contribution < -0.4 is 4.74 Å². The van der Waals surface area contributed by atoms with Crippen molar-refractivity contribution in [2.24, 2.45) is 0 Å². The van der Waals surface area contributed by atoms with Crippen molar-refractivity contribution in [2.75, 3.05) is 0 Å². The van der Waals surface area contributed by atoms with Crippen LogP contribution in [0.15, 0.2) is 30.3 Å². The normalized spacial score (nSPS) is 12.0. The van der Waals surface area contributed by atoms with Gasteiger partial charge in [-0.05, 0) is 24.6 Å². The molecule has 1 aromatic rings. The number of hydrogen-bond acceptors (Lipinski definition) is 1. The van der Waals surface area contributed by atoms with E-state index < -0.39 is 6.36 Å². The quantitative estimate of drug-likeness (QED) is 0.711. The van der Waals surface area contributed by atoms with Gasteiger partial charge in [-0.3, -0.25) is 0 Å². The molecule has 0 N–H and O–H groups in total. The summed E-state index contributed by atoms with van der Waals surface area (Å²) in [6.07, 6.45) is -1.03. The van der Waals surface area contributed by atoms with Gasteiger partial charge in [0.2, 0.25) is 0 Å². The minimum atomic E-state index is -4.62. The lowest BCUT2D eigenvalue weighted by Gasteiger charge is -2.08. The van der Waals surface area contributed by atoms with Crippen molar-refractivity contribution in [1.29, 1.82) is 0 Å². The maximum atomic E-state index is 11.8. The third-order valence-electron chi connectivity index (χ3n) is 1.47. The van der Waals surface area contributed by atoms with Gasteiger partial charge < -0.3 is 4.74 Å². The number of rotatable bonds is 2. The second-order valence-electron chi connectivity index (χ2n) is 2.62. The van der Waals surface area contributed by atoms with E-state index in [4.69, 9.17) is 0 Å². The molecule has 0 spiro atoms. The van der Waals surface area contributed by atoms with Crippen LogP contribution in [-0.4, -0.2) is 6.36 Å². The number of halogens is 3. The summed E-state index contributed by atoms with van der Waals surface area (Å²) in [5.41, 5.74) is 0.835. The van der Waals surface area contributed by atoms with Gasteiger partial charge in [-0.1, -0.05) is 24.3 Å². The predicted octanol–water partition coefficient (Wildman–Crippen LogP) is 3.62. The van der Waals surface area contributed by atoms with Gasteiger partial charge in [0.25, 0.3) is 0 Å². The van der Waals surface area contributed by atoms with Crippen LogP contribution in [-0.2, 0) is 0 Å². The Balaban J connectivity index is 2.74. The van der Waals surface area contributed by atoms with E-state index in [2.05, 4.69) is 4.74 Å². The number of allylic oxidation sites excluding steroid dienone is 1. The second-order valence-corrected chi connectivity index (χ2v) is 2.62. The Morgan fingerprint density at radius 2 is 1.71 bits per heavy atom. The van der Waals surface area contributed by atoms with Crippen LogP contribution in [0.4, 0.5) is 13.2 Å². The number of hydrogen-bond donors (Lipinski definition) is 0. The molecule has 0 aromatic heterocycles. The molecule has 0 saturated carbocycles. The first-order valence-electron chi connectivity index (χ1n) is 4.00. The van der Waals surface area contributed by atoms with Crippen LogP contribution in [0, 0.1) is 0 Å². The van der Waals surface area contributed by atoms with Crippen molar-refractivity contribution in [3.05, 3.63) is 35.9 Å². The van der Waals surface area contributed by atoms with Crippen molar-refractivity contribution in [2.45, 2.75) is 13.3 Å². The van der Waals surface area contributed by atoms with E-state index in [1.165, 1.54) is 12.1 Å².